The smallest absolute Gasteiger partial charge is 0.486 e. The van der Waals surface area contributed by atoms with Crippen molar-refractivity contribution in [2.45, 2.75) is 24.3 Å². The summed E-state index contributed by atoms with van der Waals surface area (Å²) in [7, 11) is -2.16. The lowest BCUT2D eigenvalue weighted by Gasteiger charge is -2.10. The van der Waals surface area contributed by atoms with Gasteiger partial charge < -0.3 is 19.4 Å². The number of rotatable bonds is 10. The van der Waals surface area contributed by atoms with E-state index in [1.54, 1.807) is 36.7 Å². The Labute approximate surface area is 193 Å². The van der Waals surface area contributed by atoms with Gasteiger partial charge in [0.15, 0.2) is 0 Å². The number of imidazole rings is 1. The minimum Gasteiger partial charge on any atom is -0.486 e. The number of alkyl halides is 3. The topological polar surface area (TPSA) is 112 Å². The van der Waals surface area contributed by atoms with Crippen molar-refractivity contribution in [3.05, 3.63) is 66.7 Å². The fourth-order valence-electron chi connectivity index (χ4n) is 2.74. The van der Waals surface area contributed by atoms with Crippen LogP contribution in [0.1, 0.15) is 12.2 Å². The van der Waals surface area contributed by atoms with Crippen molar-refractivity contribution in [2.24, 2.45) is 7.05 Å². The highest BCUT2D eigenvalue weighted by molar-refractivity contribution is 7.89. The van der Waals surface area contributed by atoms with Crippen molar-refractivity contribution in [1.29, 1.82) is 0 Å². The van der Waals surface area contributed by atoms with Crippen molar-refractivity contribution >= 4 is 21.6 Å². The summed E-state index contributed by atoms with van der Waals surface area (Å²) >= 11 is 0. The number of aromatic nitrogens is 2. The third kappa shape index (κ3) is 7.49. The number of nitrogens with one attached hydrogen (secondary N) is 2. The summed E-state index contributed by atoms with van der Waals surface area (Å²) in [6.07, 6.45) is -1.56. The molecule has 0 bridgehead atoms. The molecule has 13 heteroatoms. The molecule has 0 aliphatic carbocycles. The van der Waals surface area contributed by atoms with E-state index in [1.807, 2.05) is 11.6 Å². The Morgan fingerprint density at radius 2 is 1.71 bits per heavy atom. The quantitative estimate of drug-likeness (QED) is 0.444. The summed E-state index contributed by atoms with van der Waals surface area (Å²) in [5.41, 5.74) is 0.498. The first-order valence-corrected chi connectivity index (χ1v) is 11.3. The summed E-state index contributed by atoms with van der Waals surface area (Å²) < 4.78 is 74.5. The zero-order valence-electron chi connectivity index (χ0n) is 17.9. The number of benzene rings is 2. The molecule has 0 saturated heterocycles. The van der Waals surface area contributed by atoms with Gasteiger partial charge in [-0.05, 0) is 48.5 Å². The number of hydrogen-bond acceptors (Lipinski definition) is 6. The van der Waals surface area contributed by atoms with Crippen molar-refractivity contribution in [1.82, 2.24) is 14.3 Å². The number of aryl methyl sites for hydroxylation is 1. The Morgan fingerprint density at radius 3 is 2.29 bits per heavy atom. The number of sulfonamides is 1. The minimum absolute atomic E-state index is 0.161. The van der Waals surface area contributed by atoms with Gasteiger partial charge in [0.1, 0.15) is 23.9 Å². The number of hydrogen-bond donors (Lipinski definition) is 2. The van der Waals surface area contributed by atoms with E-state index in [2.05, 4.69) is 19.8 Å². The van der Waals surface area contributed by atoms with Crippen LogP contribution in [0.3, 0.4) is 0 Å². The van der Waals surface area contributed by atoms with Gasteiger partial charge >= 0.3 is 6.36 Å². The normalized spacial score (nSPS) is 11.8. The van der Waals surface area contributed by atoms with Crippen molar-refractivity contribution in [3.63, 3.8) is 0 Å². The average molecular weight is 498 g/mol. The van der Waals surface area contributed by atoms with Gasteiger partial charge in [-0.15, -0.1) is 13.2 Å². The SMILES string of the molecule is Cn1ccnc1COc1ccc(NC(=O)CCNS(=O)(=O)c2ccc(OC(F)(F)F)cc2)cc1. The Balaban J connectivity index is 1.44. The molecule has 0 fully saturated rings. The number of nitrogens with zero attached hydrogens (tertiary/aromatic N) is 2. The lowest BCUT2D eigenvalue weighted by atomic mass is 10.3. The van der Waals surface area contributed by atoms with Crippen LogP contribution >= 0.6 is 0 Å². The van der Waals surface area contributed by atoms with Gasteiger partial charge in [-0.3, -0.25) is 4.79 Å². The van der Waals surface area contributed by atoms with Crippen LogP contribution in [-0.2, 0) is 28.5 Å². The van der Waals surface area contributed by atoms with Crippen LogP contribution in [0.15, 0.2) is 65.8 Å². The summed E-state index contributed by atoms with van der Waals surface area (Å²) in [4.78, 5) is 16.0. The average Bonchev–Trinajstić information content (AvgIpc) is 3.17. The highest BCUT2D eigenvalue weighted by atomic mass is 32.2. The van der Waals surface area contributed by atoms with E-state index >= 15 is 0 Å². The molecule has 182 valence electrons. The number of carbonyl (C=O) groups excluding carboxylic acids is 1. The van der Waals surface area contributed by atoms with Gasteiger partial charge in [0.25, 0.3) is 0 Å². The van der Waals surface area contributed by atoms with Crippen molar-refractivity contribution in [3.8, 4) is 11.5 Å². The molecule has 0 aliphatic heterocycles. The first-order valence-electron chi connectivity index (χ1n) is 9.86. The number of halogens is 3. The van der Waals surface area contributed by atoms with Crippen LogP contribution in [0.25, 0.3) is 0 Å². The molecular formula is C21H21F3N4O5S. The van der Waals surface area contributed by atoms with Gasteiger partial charge in [0.2, 0.25) is 15.9 Å². The maximum absolute atomic E-state index is 12.2. The molecule has 0 atom stereocenters. The lowest BCUT2D eigenvalue weighted by Crippen LogP contribution is -2.27. The van der Waals surface area contributed by atoms with E-state index in [0.29, 0.717) is 11.4 Å². The minimum atomic E-state index is -4.88. The fourth-order valence-corrected chi connectivity index (χ4v) is 3.78. The molecule has 3 rings (SSSR count). The van der Waals surface area contributed by atoms with E-state index in [1.165, 1.54) is 0 Å². The van der Waals surface area contributed by atoms with Crippen LogP contribution in [0.2, 0.25) is 0 Å². The molecule has 1 heterocycles. The van der Waals surface area contributed by atoms with Gasteiger partial charge in [-0.2, -0.15) is 0 Å². The van der Waals surface area contributed by atoms with E-state index in [9.17, 15) is 26.4 Å². The zero-order valence-corrected chi connectivity index (χ0v) is 18.7. The van der Waals surface area contributed by atoms with Crippen LogP contribution in [0.4, 0.5) is 18.9 Å². The molecule has 3 aromatic rings. The molecule has 9 nitrogen and oxygen atoms in total. The van der Waals surface area contributed by atoms with E-state index in [-0.39, 0.29) is 24.5 Å². The second-order valence-electron chi connectivity index (χ2n) is 6.98. The van der Waals surface area contributed by atoms with Gasteiger partial charge in [0, 0.05) is 38.1 Å². The first kappa shape index (κ1) is 25.1. The number of anilines is 1. The van der Waals surface area contributed by atoms with Gasteiger partial charge in [-0.1, -0.05) is 0 Å². The molecule has 0 spiro atoms. The molecular weight excluding hydrogens is 477 g/mol. The molecule has 1 amide bonds. The largest absolute Gasteiger partial charge is 0.573 e. The third-order valence-corrected chi connectivity index (χ3v) is 5.92. The Hall–Kier alpha value is -3.58. The van der Waals surface area contributed by atoms with E-state index in [4.69, 9.17) is 4.74 Å². The van der Waals surface area contributed by atoms with Crippen LogP contribution in [0, 0.1) is 0 Å². The Bertz CT molecular complexity index is 1210. The summed E-state index contributed by atoms with van der Waals surface area (Å²) in [6, 6.07) is 10.3. The Morgan fingerprint density at radius 1 is 1.06 bits per heavy atom. The van der Waals surface area contributed by atoms with Gasteiger partial charge in [-0.25, -0.2) is 18.1 Å². The zero-order chi connectivity index (χ0) is 24.8. The molecule has 2 aromatic carbocycles. The third-order valence-electron chi connectivity index (χ3n) is 4.44. The summed E-state index contributed by atoms with van der Waals surface area (Å²) in [5, 5.41) is 2.63. The second kappa shape index (κ2) is 10.6. The number of carbonyl (C=O) groups is 1. The standard InChI is InChI=1S/C21H21F3N4O5S/c1-28-13-12-25-19(28)14-32-16-4-2-15(3-5-16)27-20(29)10-11-26-34(30,31)18-8-6-17(7-9-18)33-21(22,23)24/h2-9,12-13,26H,10-11,14H2,1H3,(H,27,29). The highest BCUT2D eigenvalue weighted by Crippen LogP contribution is 2.24. The molecule has 34 heavy (non-hydrogen) atoms. The highest BCUT2D eigenvalue weighted by Gasteiger charge is 2.31. The fraction of sp³-hybridized carbons (Fsp3) is 0.238. The van der Waals surface area contributed by atoms with E-state index in [0.717, 1.165) is 30.1 Å². The van der Waals surface area contributed by atoms with Crippen LogP contribution in [0.5, 0.6) is 11.5 Å². The molecule has 0 saturated carbocycles. The first-order chi connectivity index (χ1) is 16.0. The predicted octanol–water partition coefficient (Wildman–Crippen LogP) is 3.20. The maximum atomic E-state index is 12.2. The maximum Gasteiger partial charge on any atom is 0.573 e. The second-order valence-corrected chi connectivity index (χ2v) is 8.75. The Kier molecular flexibility index (Phi) is 7.79. The molecule has 0 aliphatic rings. The lowest BCUT2D eigenvalue weighted by molar-refractivity contribution is -0.274. The molecule has 0 unspecified atom stereocenters. The van der Waals surface area contributed by atoms with Crippen molar-refractivity contribution < 1.29 is 35.9 Å². The predicted molar refractivity (Wildman–Crippen MR) is 116 cm³/mol. The molecule has 2 N–H and O–H groups in total. The summed E-state index contributed by atoms with van der Waals surface area (Å²) in [5.74, 6) is 0.364. The monoisotopic (exact) mass is 498 g/mol. The van der Waals surface area contributed by atoms with Crippen LogP contribution < -0.4 is 19.5 Å². The van der Waals surface area contributed by atoms with Crippen molar-refractivity contribution in [2.75, 3.05) is 11.9 Å². The molecule has 1 aromatic heterocycles. The number of amides is 1. The van der Waals surface area contributed by atoms with E-state index < -0.39 is 28.0 Å². The van der Waals surface area contributed by atoms with Gasteiger partial charge in [0.05, 0.1) is 4.90 Å². The number of ether oxygens (including phenoxy) is 2. The summed E-state index contributed by atoms with van der Waals surface area (Å²) in [6.45, 7) is 0.0766. The molecule has 0 radical (unpaired) electrons. The van der Waals surface area contributed by atoms with Crippen LogP contribution in [-0.4, -0.2) is 36.8 Å².